The van der Waals surface area contributed by atoms with Crippen molar-refractivity contribution < 1.29 is 24.1 Å². The zero-order valence-electron chi connectivity index (χ0n) is 82.8. The van der Waals surface area contributed by atoms with Crippen LogP contribution in [0.25, 0.3) is 0 Å². The number of rotatable bonds is 82. The van der Waals surface area contributed by atoms with E-state index in [1.807, 2.05) is 0 Å². The smallest absolute Gasteiger partial charge is 0.0924 e. The Morgan fingerprint density at radius 2 is 0.583 bits per heavy atom. The molecule has 2 saturated heterocycles. The third-order valence-electron chi connectivity index (χ3n) is 29.3. The maximum absolute atomic E-state index is 12.6. The van der Waals surface area contributed by atoms with E-state index < -0.39 is 22.4 Å². The summed E-state index contributed by atoms with van der Waals surface area (Å²) in [7, 11) is 0. The molecule has 0 radical (unpaired) electrons. The van der Waals surface area contributed by atoms with E-state index in [0.717, 1.165) is 137 Å². The summed E-state index contributed by atoms with van der Waals surface area (Å²) in [6.07, 6.45) is 90.4. The van der Waals surface area contributed by atoms with Gasteiger partial charge >= 0.3 is 0 Å². The quantitative estimate of drug-likeness (QED) is 0.0486. The molecule has 16 unspecified atom stereocenters. The number of unbranched alkanes of at least 4 members (excludes halogenated alkanes) is 24. The first-order valence-electron chi connectivity index (χ1n) is 53.0. The van der Waals surface area contributed by atoms with Crippen LogP contribution in [0.5, 0.6) is 0 Å². The van der Waals surface area contributed by atoms with Gasteiger partial charge in [0.05, 0.1) is 46.8 Å². The molecule has 2 aliphatic rings. The van der Waals surface area contributed by atoms with Crippen molar-refractivity contribution in [3.8, 4) is 0 Å². The van der Waals surface area contributed by atoms with Gasteiger partial charge in [-0.25, -0.2) is 0 Å². The maximum Gasteiger partial charge on any atom is 0.0924 e. The Hall–Kier alpha value is -0.460. The van der Waals surface area contributed by atoms with Crippen molar-refractivity contribution in [3.63, 3.8) is 0 Å². The van der Waals surface area contributed by atoms with E-state index in [-0.39, 0.29) is 24.4 Å². The molecule has 2 fully saturated rings. The van der Waals surface area contributed by atoms with Crippen LogP contribution in [0.15, 0.2) is 12.2 Å². The van der Waals surface area contributed by atoms with Gasteiger partial charge in [-0.1, -0.05) is 470 Å². The Bertz CT molecular complexity index is 2150. The van der Waals surface area contributed by atoms with Gasteiger partial charge in [0, 0.05) is 6.61 Å². The number of ether oxygens (including phenoxy) is 4. The molecule has 0 aromatic rings. The van der Waals surface area contributed by atoms with Crippen LogP contribution in [0.1, 0.15) is 569 Å². The summed E-state index contributed by atoms with van der Waals surface area (Å²) in [6.45, 7) is 51.8. The second-order valence-electron chi connectivity index (χ2n) is 44.2. The number of aliphatic hydroxyl groups is 1. The Kier molecular flexibility index (Phi) is 66.2. The van der Waals surface area contributed by atoms with Crippen LogP contribution >= 0.6 is 0 Å². The molecule has 2 aliphatic heterocycles. The summed E-state index contributed by atoms with van der Waals surface area (Å²) in [4.78, 5) is 0. The first-order chi connectivity index (χ1) is 55.0. The van der Waals surface area contributed by atoms with Crippen molar-refractivity contribution in [2.24, 2.45) is 71.0 Å². The van der Waals surface area contributed by atoms with Crippen molar-refractivity contribution in [1.29, 1.82) is 0 Å². The van der Waals surface area contributed by atoms with Crippen molar-refractivity contribution in [2.75, 3.05) is 6.61 Å². The standard InChI is InChI=1S/C110H216O5/c1-22-23-24-25-26-27-28-29-30-31-32-33-34-35-36-37-38-39-40-41-42-43-44-45-46-47-48-49-90-112-104-83-85-106(114-108(104,19)87-59-79-100(15)75-55-71-96(11)67-51-63-92(4)5)110(21,89-61-81-102(17)77-57-73-98(13)69-53-65-94(8)9)115-109(20,88-60-80-101(16)76-56-72-97(12)68-52-64-93(6)7)105-84-82-103(113-105)107(18,111)86-58-78-99(14)74-54-70-95(10)66-50-62-91(2)3/h29-30,91-106,111H,22-28,31-90H2,1-21H3. The molecule has 1 N–H and O–H groups in total. The molecule has 0 bridgehead atoms. The van der Waals surface area contributed by atoms with Crippen molar-refractivity contribution in [3.05, 3.63) is 12.2 Å². The normalized spacial score (nSPS) is 21.5. The summed E-state index contributed by atoms with van der Waals surface area (Å²) in [5.41, 5.74) is -2.31. The SMILES string of the molecule is CCCCCCCCC=CCCCCCCCCCCCCCCCCCCCCOC1CCC(C(C)(CCCC(C)CCCC(C)CCCC(C)C)OC(C)(CCCC(C)CCCC(C)CCCC(C)C)C2CCC(C(C)(O)CCCC(C)CCCC(C)CCCC(C)C)O2)OC1(C)CCCC(C)CCCC(C)CCCC(C)C. The van der Waals surface area contributed by atoms with Gasteiger partial charge in [0.15, 0.2) is 0 Å². The van der Waals surface area contributed by atoms with Crippen LogP contribution in [0.3, 0.4) is 0 Å². The highest BCUT2D eigenvalue weighted by molar-refractivity contribution is 5.02. The van der Waals surface area contributed by atoms with E-state index in [9.17, 15) is 5.11 Å². The molecule has 0 aliphatic carbocycles. The predicted molar refractivity (Wildman–Crippen MR) is 512 cm³/mol. The van der Waals surface area contributed by atoms with Gasteiger partial charge in [0.25, 0.3) is 0 Å². The molecule has 0 saturated carbocycles. The fourth-order valence-corrected chi connectivity index (χ4v) is 20.6. The van der Waals surface area contributed by atoms with Crippen LogP contribution in [0, 0.1) is 71.0 Å². The van der Waals surface area contributed by atoms with Crippen LogP contribution in [0.4, 0.5) is 0 Å². The van der Waals surface area contributed by atoms with Crippen molar-refractivity contribution in [1.82, 2.24) is 0 Å². The third-order valence-corrected chi connectivity index (χ3v) is 29.3. The molecular weight excluding hydrogens is 1400 g/mol. The van der Waals surface area contributed by atoms with E-state index in [4.69, 9.17) is 18.9 Å². The predicted octanol–water partition coefficient (Wildman–Crippen LogP) is 36.6. The van der Waals surface area contributed by atoms with Gasteiger partial charge < -0.3 is 24.1 Å². The monoisotopic (exact) mass is 1620 g/mol. The van der Waals surface area contributed by atoms with E-state index in [1.54, 1.807) is 0 Å². The van der Waals surface area contributed by atoms with Gasteiger partial charge in [-0.2, -0.15) is 0 Å². The molecule has 2 rings (SSSR count). The summed E-state index contributed by atoms with van der Waals surface area (Å²) < 4.78 is 31.1. The fourth-order valence-electron chi connectivity index (χ4n) is 20.6. The zero-order chi connectivity index (χ0) is 84.9. The molecule has 0 spiro atoms. The molecule has 0 aromatic heterocycles. The Morgan fingerprint density at radius 3 is 0.922 bits per heavy atom. The van der Waals surface area contributed by atoms with Crippen molar-refractivity contribution >= 4 is 0 Å². The average molecular weight is 1620 g/mol. The molecule has 5 nitrogen and oxygen atoms in total. The molecule has 686 valence electrons. The first kappa shape index (κ1) is 111. The minimum absolute atomic E-state index is 0.0443. The number of allylic oxidation sites excluding steroid dienone is 2. The molecule has 5 heteroatoms. The van der Waals surface area contributed by atoms with Crippen LogP contribution < -0.4 is 0 Å². The zero-order valence-corrected chi connectivity index (χ0v) is 82.8. The Balaban J connectivity index is 2.31. The van der Waals surface area contributed by atoms with Gasteiger partial charge in [-0.15, -0.1) is 0 Å². The summed E-state index contributed by atoms with van der Waals surface area (Å²) >= 11 is 0. The summed E-state index contributed by atoms with van der Waals surface area (Å²) in [6, 6.07) is 0. The highest BCUT2D eigenvalue weighted by Crippen LogP contribution is 2.48. The van der Waals surface area contributed by atoms with Gasteiger partial charge in [0.2, 0.25) is 0 Å². The van der Waals surface area contributed by atoms with Crippen molar-refractivity contribution in [2.45, 2.75) is 616 Å². The lowest BCUT2D eigenvalue weighted by atomic mass is 9.78. The van der Waals surface area contributed by atoms with E-state index in [0.29, 0.717) is 17.8 Å². The minimum atomic E-state index is -0.873. The molecule has 0 amide bonds. The molecular formula is C110H216O5. The minimum Gasteiger partial charge on any atom is -0.387 e. The molecule has 115 heavy (non-hydrogen) atoms. The largest absolute Gasteiger partial charge is 0.387 e. The maximum atomic E-state index is 12.6. The Labute approximate surface area is 725 Å². The second-order valence-corrected chi connectivity index (χ2v) is 44.2. The van der Waals surface area contributed by atoms with E-state index >= 15 is 0 Å². The van der Waals surface area contributed by atoms with E-state index in [2.05, 4.69) is 158 Å². The van der Waals surface area contributed by atoms with E-state index in [1.165, 1.54) is 347 Å². The summed E-state index contributed by atoms with van der Waals surface area (Å²) in [5.74, 6) is 9.29. The lowest BCUT2D eigenvalue weighted by molar-refractivity contribution is -0.287. The summed E-state index contributed by atoms with van der Waals surface area (Å²) in [5, 5.41) is 12.6. The Morgan fingerprint density at radius 1 is 0.313 bits per heavy atom. The third kappa shape index (κ3) is 58.4. The van der Waals surface area contributed by atoms with Gasteiger partial charge in [-0.3, -0.25) is 0 Å². The topological polar surface area (TPSA) is 57.2 Å². The fraction of sp³-hybridized carbons (Fsp3) is 0.982. The molecule has 16 atom stereocenters. The average Bonchev–Trinajstić information content (AvgIpc) is 1.73. The van der Waals surface area contributed by atoms with Gasteiger partial charge in [-0.05, 0) is 182 Å². The lowest BCUT2D eigenvalue weighted by Crippen LogP contribution is -2.60. The molecule has 0 aromatic carbocycles. The lowest BCUT2D eigenvalue weighted by Gasteiger charge is -2.53. The highest BCUT2D eigenvalue weighted by atomic mass is 16.6. The second kappa shape index (κ2) is 68.8. The van der Waals surface area contributed by atoms with Crippen LogP contribution in [0.2, 0.25) is 0 Å². The highest BCUT2D eigenvalue weighted by Gasteiger charge is 2.54. The first-order valence-corrected chi connectivity index (χ1v) is 53.0. The van der Waals surface area contributed by atoms with Crippen LogP contribution in [-0.2, 0) is 18.9 Å². The molecule has 2 heterocycles. The van der Waals surface area contributed by atoms with Gasteiger partial charge in [0.1, 0.15) is 0 Å². The number of hydrogen-bond acceptors (Lipinski definition) is 5. The number of hydrogen-bond donors (Lipinski definition) is 1. The van der Waals surface area contributed by atoms with Crippen LogP contribution in [-0.4, -0.2) is 58.5 Å².